The molecular weight excluding hydrogens is 248 g/mol. The smallest absolute Gasteiger partial charge is 0.224 e. The first-order chi connectivity index (χ1) is 8.58. The van der Waals surface area contributed by atoms with Gasteiger partial charge in [0.05, 0.1) is 6.42 Å². The molecule has 18 heavy (non-hydrogen) atoms. The quantitative estimate of drug-likeness (QED) is 0.770. The Labute approximate surface area is 114 Å². The molecule has 100 valence electrons. The SMILES string of the molecule is CN(C)CCCCNC(=O)Cc1ccc(Cl)cc1. The van der Waals surface area contributed by atoms with Gasteiger partial charge in [-0.05, 0) is 51.2 Å². The van der Waals surface area contributed by atoms with E-state index in [1.165, 1.54) is 0 Å². The number of nitrogens with zero attached hydrogens (tertiary/aromatic N) is 1. The lowest BCUT2D eigenvalue weighted by Gasteiger charge is -2.09. The van der Waals surface area contributed by atoms with Crippen molar-refractivity contribution in [3.05, 3.63) is 34.9 Å². The normalized spacial score (nSPS) is 10.7. The summed E-state index contributed by atoms with van der Waals surface area (Å²) in [5.74, 6) is 0.0715. The van der Waals surface area contributed by atoms with E-state index in [-0.39, 0.29) is 5.91 Å². The molecule has 0 aromatic heterocycles. The third-order valence-electron chi connectivity index (χ3n) is 2.63. The van der Waals surface area contributed by atoms with Gasteiger partial charge in [-0.2, -0.15) is 0 Å². The summed E-state index contributed by atoms with van der Waals surface area (Å²) < 4.78 is 0. The van der Waals surface area contributed by atoms with Crippen LogP contribution in [0.3, 0.4) is 0 Å². The molecule has 1 rings (SSSR count). The summed E-state index contributed by atoms with van der Waals surface area (Å²) in [5, 5.41) is 3.63. The van der Waals surface area contributed by atoms with Gasteiger partial charge in [-0.1, -0.05) is 23.7 Å². The second-order valence-corrected chi connectivity index (χ2v) is 5.10. The largest absolute Gasteiger partial charge is 0.356 e. The van der Waals surface area contributed by atoms with Crippen molar-refractivity contribution in [1.29, 1.82) is 0 Å². The fourth-order valence-electron chi connectivity index (χ4n) is 1.63. The second-order valence-electron chi connectivity index (χ2n) is 4.66. The monoisotopic (exact) mass is 268 g/mol. The Balaban J connectivity index is 2.16. The number of benzene rings is 1. The van der Waals surface area contributed by atoms with Crippen LogP contribution < -0.4 is 5.32 Å². The van der Waals surface area contributed by atoms with Crippen molar-refractivity contribution in [2.75, 3.05) is 27.2 Å². The number of halogens is 1. The summed E-state index contributed by atoms with van der Waals surface area (Å²) >= 11 is 5.79. The summed E-state index contributed by atoms with van der Waals surface area (Å²) in [5.41, 5.74) is 0.991. The Morgan fingerprint density at radius 1 is 1.22 bits per heavy atom. The average Bonchev–Trinajstić information content (AvgIpc) is 2.31. The fraction of sp³-hybridized carbons (Fsp3) is 0.500. The third-order valence-corrected chi connectivity index (χ3v) is 2.88. The predicted molar refractivity (Wildman–Crippen MR) is 76.0 cm³/mol. The molecule has 0 heterocycles. The number of rotatable bonds is 7. The fourth-order valence-corrected chi connectivity index (χ4v) is 1.76. The van der Waals surface area contributed by atoms with Gasteiger partial charge in [0.15, 0.2) is 0 Å². The zero-order chi connectivity index (χ0) is 13.4. The van der Waals surface area contributed by atoms with Gasteiger partial charge in [-0.25, -0.2) is 0 Å². The third kappa shape index (κ3) is 6.62. The molecule has 0 bridgehead atoms. The lowest BCUT2D eigenvalue weighted by molar-refractivity contribution is -0.120. The summed E-state index contributed by atoms with van der Waals surface area (Å²) in [6.07, 6.45) is 2.55. The molecule has 3 nitrogen and oxygen atoms in total. The van der Waals surface area contributed by atoms with Gasteiger partial charge in [0.2, 0.25) is 5.91 Å². The van der Waals surface area contributed by atoms with Gasteiger partial charge in [0, 0.05) is 11.6 Å². The minimum atomic E-state index is 0.0715. The van der Waals surface area contributed by atoms with Crippen molar-refractivity contribution >= 4 is 17.5 Å². The van der Waals surface area contributed by atoms with Crippen LogP contribution in [0.1, 0.15) is 18.4 Å². The van der Waals surface area contributed by atoms with Gasteiger partial charge >= 0.3 is 0 Å². The van der Waals surface area contributed by atoms with Crippen LogP contribution in [-0.2, 0) is 11.2 Å². The first kappa shape index (κ1) is 15.0. The molecule has 0 unspecified atom stereocenters. The Kier molecular flexibility index (Phi) is 6.76. The number of carbonyl (C=O) groups is 1. The highest BCUT2D eigenvalue weighted by Gasteiger charge is 2.02. The maximum absolute atomic E-state index is 11.6. The van der Waals surface area contributed by atoms with Gasteiger partial charge < -0.3 is 10.2 Å². The summed E-state index contributed by atoms with van der Waals surface area (Å²) in [6.45, 7) is 1.81. The predicted octanol–water partition coefficient (Wildman–Crippen LogP) is 2.34. The van der Waals surface area contributed by atoms with Crippen molar-refractivity contribution in [3.8, 4) is 0 Å². The highest BCUT2D eigenvalue weighted by molar-refractivity contribution is 6.30. The molecule has 0 saturated heterocycles. The topological polar surface area (TPSA) is 32.3 Å². The van der Waals surface area contributed by atoms with E-state index in [1.54, 1.807) is 12.1 Å². The molecule has 0 aliphatic heterocycles. The van der Waals surface area contributed by atoms with E-state index in [0.717, 1.165) is 31.5 Å². The maximum atomic E-state index is 11.6. The molecule has 0 atom stereocenters. The van der Waals surface area contributed by atoms with E-state index in [0.29, 0.717) is 11.4 Å². The number of amides is 1. The van der Waals surface area contributed by atoms with Crippen LogP contribution in [0, 0.1) is 0 Å². The van der Waals surface area contributed by atoms with Crippen molar-refractivity contribution in [3.63, 3.8) is 0 Å². The van der Waals surface area contributed by atoms with Crippen LogP contribution in [0.2, 0.25) is 5.02 Å². The van der Waals surface area contributed by atoms with E-state index in [1.807, 2.05) is 12.1 Å². The molecule has 4 heteroatoms. The molecule has 1 aromatic carbocycles. The van der Waals surface area contributed by atoms with Crippen LogP contribution >= 0.6 is 11.6 Å². The highest BCUT2D eigenvalue weighted by Crippen LogP contribution is 2.09. The Hall–Kier alpha value is -1.06. The van der Waals surface area contributed by atoms with Crippen molar-refractivity contribution < 1.29 is 4.79 Å². The van der Waals surface area contributed by atoms with E-state index in [2.05, 4.69) is 24.3 Å². The lowest BCUT2D eigenvalue weighted by atomic mass is 10.1. The molecule has 0 aliphatic carbocycles. The van der Waals surface area contributed by atoms with Gasteiger partial charge in [0.1, 0.15) is 0 Å². The Morgan fingerprint density at radius 2 is 1.89 bits per heavy atom. The molecule has 0 radical (unpaired) electrons. The van der Waals surface area contributed by atoms with Crippen LogP contribution in [0.25, 0.3) is 0 Å². The molecule has 0 spiro atoms. The Bertz CT molecular complexity index is 363. The average molecular weight is 269 g/mol. The van der Waals surface area contributed by atoms with E-state index in [9.17, 15) is 4.79 Å². The molecule has 1 amide bonds. The van der Waals surface area contributed by atoms with Gasteiger partial charge in [0.25, 0.3) is 0 Å². The number of hydrogen-bond donors (Lipinski definition) is 1. The van der Waals surface area contributed by atoms with Crippen molar-refractivity contribution in [1.82, 2.24) is 10.2 Å². The van der Waals surface area contributed by atoms with E-state index < -0.39 is 0 Å². The summed E-state index contributed by atoms with van der Waals surface area (Å²) in [4.78, 5) is 13.8. The molecule has 1 N–H and O–H groups in total. The second kappa shape index (κ2) is 8.11. The number of hydrogen-bond acceptors (Lipinski definition) is 2. The zero-order valence-electron chi connectivity index (χ0n) is 11.1. The van der Waals surface area contributed by atoms with Crippen LogP contribution in [-0.4, -0.2) is 38.0 Å². The maximum Gasteiger partial charge on any atom is 0.224 e. The standard InChI is InChI=1S/C14H21ClN2O/c1-17(2)10-4-3-9-16-14(18)11-12-5-7-13(15)8-6-12/h5-8H,3-4,9-11H2,1-2H3,(H,16,18). The van der Waals surface area contributed by atoms with Gasteiger partial charge in [-0.15, -0.1) is 0 Å². The number of nitrogens with one attached hydrogen (secondary N) is 1. The molecule has 0 saturated carbocycles. The summed E-state index contributed by atoms with van der Waals surface area (Å²) in [7, 11) is 4.11. The first-order valence-corrected chi connectivity index (χ1v) is 6.61. The van der Waals surface area contributed by atoms with Crippen molar-refractivity contribution in [2.24, 2.45) is 0 Å². The van der Waals surface area contributed by atoms with Crippen molar-refractivity contribution in [2.45, 2.75) is 19.3 Å². The minimum absolute atomic E-state index is 0.0715. The Morgan fingerprint density at radius 3 is 2.50 bits per heavy atom. The van der Waals surface area contributed by atoms with E-state index in [4.69, 9.17) is 11.6 Å². The number of carbonyl (C=O) groups excluding carboxylic acids is 1. The van der Waals surface area contributed by atoms with Crippen LogP contribution in [0.15, 0.2) is 24.3 Å². The number of unbranched alkanes of at least 4 members (excludes halogenated alkanes) is 1. The first-order valence-electron chi connectivity index (χ1n) is 6.24. The molecule has 1 aromatic rings. The van der Waals surface area contributed by atoms with Gasteiger partial charge in [-0.3, -0.25) is 4.79 Å². The molecule has 0 fully saturated rings. The molecular formula is C14H21ClN2O. The van der Waals surface area contributed by atoms with E-state index >= 15 is 0 Å². The highest BCUT2D eigenvalue weighted by atomic mass is 35.5. The lowest BCUT2D eigenvalue weighted by Crippen LogP contribution is -2.26. The van der Waals surface area contributed by atoms with Crippen LogP contribution in [0.4, 0.5) is 0 Å². The zero-order valence-corrected chi connectivity index (χ0v) is 11.8. The minimum Gasteiger partial charge on any atom is -0.356 e. The van der Waals surface area contributed by atoms with Crippen LogP contribution in [0.5, 0.6) is 0 Å². The summed E-state index contributed by atoms with van der Waals surface area (Å²) in [6, 6.07) is 7.38. The molecule has 0 aliphatic rings.